The molecule has 3 nitrogen and oxygen atoms in total. The lowest BCUT2D eigenvalue weighted by Gasteiger charge is -2.06. The van der Waals surface area contributed by atoms with E-state index in [4.69, 9.17) is 23.2 Å². The average molecular weight is 374 g/mol. The number of carbonyl (C=O) groups excluding carboxylic acids is 1. The van der Waals surface area contributed by atoms with Crippen LogP contribution >= 0.6 is 39.1 Å². The first-order valence-electron chi connectivity index (χ1n) is 5.88. The largest absolute Gasteiger partial charge is 0.352 e. The minimum absolute atomic E-state index is 0.160. The van der Waals surface area contributed by atoms with E-state index in [1.54, 1.807) is 18.3 Å². The number of amides is 1. The number of hydrogen-bond acceptors (Lipinski definition) is 2. The molecule has 0 fully saturated rings. The summed E-state index contributed by atoms with van der Waals surface area (Å²) < 4.78 is 0.770. The zero-order valence-electron chi connectivity index (χ0n) is 10.4. The van der Waals surface area contributed by atoms with Crippen molar-refractivity contribution >= 4 is 45.0 Å². The van der Waals surface area contributed by atoms with Crippen LogP contribution in [0.25, 0.3) is 0 Å². The quantitative estimate of drug-likeness (QED) is 0.875. The van der Waals surface area contributed by atoms with Crippen molar-refractivity contribution in [2.75, 3.05) is 6.54 Å². The Morgan fingerprint density at radius 1 is 1.15 bits per heavy atom. The molecule has 2 aromatic rings. The molecular weight excluding hydrogens is 363 g/mol. The summed E-state index contributed by atoms with van der Waals surface area (Å²) in [7, 11) is 0. The molecule has 6 heteroatoms. The fourth-order valence-corrected chi connectivity index (χ4v) is 2.65. The third kappa shape index (κ3) is 4.47. The molecule has 0 atom stereocenters. The van der Waals surface area contributed by atoms with Crippen molar-refractivity contribution in [2.45, 2.75) is 6.42 Å². The van der Waals surface area contributed by atoms with E-state index in [0.717, 1.165) is 10.0 Å². The van der Waals surface area contributed by atoms with E-state index in [2.05, 4.69) is 26.2 Å². The van der Waals surface area contributed by atoms with Crippen LogP contribution in [-0.2, 0) is 6.42 Å². The SMILES string of the molecule is O=C(NCCc1cc(Cl)cc(Cl)c1)c1cncc(Br)c1. The standard InChI is InChI=1S/C14H11BrCl2N2O/c15-11-5-10(7-18-8-11)14(20)19-2-1-9-3-12(16)6-13(17)4-9/h3-8H,1-2H2,(H,19,20). The maximum absolute atomic E-state index is 11.9. The van der Waals surface area contributed by atoms with Crippen LogP contribution in [-0.4, -0.2) is 17.4 Å². The third-order valence-electron chi connectivity index (χ3n) is 2.59. The molecule has 0 aliphatic rings. The van der Waals surface area contributed by atoms with E-state index in [9.17, 15) is 4.79 Å². The molecule has 2 rings (SSSR count). The molecule has 1 aromatic heterocycles. The monoisotopic (exact) mass is 372 g/mol. The van der Waals surface area contributed by atoms with Gasteiger partial charge in [0, 0.05) is 33.5 Å². The van der Waals surface area contributed by atoms with Crippen LogP contribution in [0.2, 0.25) is 10.0 Å². The average Bonchev–Trinajstić information content (AvgIpc) is 2.37. The second kappa shape index (κ2) is 7.07. The van der Waals surface area contributed by atoms with Crippen LogP contribution in [0.4, 0.5) is 0 Å². The Labute approximate surface area is 135 Å². The number of pyridine rings is 1. The van der Waals surface area contributed by atoms with Gasteiger partial charge >= 0.3 is 0 Å². The van der Waals surface area contributed by atoms with Crippen molar-refractivity contribution in [3.8, 4) is 0 Å². The molecule has 1 heterocycles. The lowest BCUT2D eigenvalue weighted by Crippen LogP contribution is -2.25. The van der Waals surface area contributed by atoms with Gasteiger partial charge in [-0.3, -0.25) is 9.78 Å². The van der Waals surface area contributed by atoms with Gasteiger partial charge in [-0.2, -0.15) is 0 Å². The van der Waals surface area contributed by atoms with Gasteiger partial charge in [0.2, 0.25) is 0 Å². The summed E-state index contributed by atoms with van der Waals surface area (Å²) in [5.41, 5.74) is 1.50. The first-order chi connectivity index (χ1) is 9.54. The molecule has 104 valence electrons. The topological polar surface area (TPSA) is 42.0 Å². The van der Waals surface area contributed by atoms with Gasteiger partial charge in [0.1, 0.15) is 0 Å². The van der Waals surface area contributed by atoms with E-state index in [1.807, 2.05) is 12.1 Å². The number of hydrogen-bond donors (Lipinski definition) is 1. The van der Waals surface area contributed by atoms with Gasteiger partial charge in [-0.1, -0.05) is 23.2 Å². The number of rotatable bonds is 4. The number of benzene rings is 1. The van der Waals surface area contributed by atoms with E-state index in [0.29, 0.717) is 28.6 Å². The highest BCUT2D eigenvalue weighted by molar-refractivity contribution is 9.10. The summed E-state index contributed by atoms with van der Waals surface area (Å²) in [6, 6.07) is 7.07. The van der Waals surface area contributed by atoms with Crippen molar-refractivity contribution in [3.05, 3.63) is 62.3 Å². The van der Waals surface area contributed by atoms with Gasteiger partial charge < -0.3 is 5.32 Å². The van der Waals surface area contributed by atoms with Crippen molar-refractivity contribution in [1.82, 2.24) is 10.3 Å². The Kier molecular flexibility index (Phi) is 5.40. The number of nitrogens with one attached hydrogen (secondary N) is 1. The predicted octanol–water partition coefficient (Wildman–Crippen LogP) is 4.12. The van der Waals surface area contributed by atoms with Gasteiger partial charge in [0.25, 0.3) is 5.91 Å². The minimum Gasteiger partial charge on any atom is -0.352 e. The van der Waals surface area contributed by atoms with Crippen molar-refractivity contribution in [3.63, 3.8) is 0 Å². The smallest absolute Gasteiger partial charge is 0.252 e. The molecule has 0 saturated heterocycles. The molecule has 0 aliphatic carbocycles. The summed E-state index contributed by atoms with van der Waals surface area (Å²) >= 11 is 15.1. The van der Waals surface area contributed by atoms with Crippen molar-refractivity contribution < 1.29 is 4.79 Å². The summed E-state index contributed by atoms with van der Waals surface area (Å²) in [6.07, 6.45) is 3.81. The number of nitrogens with zero attached hydrogens (tertiary/aromatic N) is 1. The Hall–Kier alpha value is -1.10. The van der Waals surface area contributed by atoms with Crippen molar-refractivity contribution in [2.24, 2.45) is 0 Å². The normalized spacial score (nSPS) is 10.3. The first kappa shape index (κ1) is 15.3. The van der Waals surface area contributed by atoms with Crippen LogP contribution in [0.15, 0.2) is 41.1 Å². The van der Waals surface area contributed by atoms with E-state index >= 15 is 0 Å². The summed E-state index contributed by atoms with van der Waals surface area (Å²) in [5.74, 6) is -0.160. The molecule has 1 amide bonds. The molecule has 1 aromatic carbocycles. The molecule has 1 N–H and O–H groups in total. The molecule has 0 spiro atoms. The number of aromatic nitrogens is 1. The molecule has 0 unspecified atom stereocenters. The fourth-order valence-electron chi connectivity index (χ4n) is 1.71. The Morgan fingerprint density at radius 3 is 2.50 bits per heavy atom. The van der Waals surface area contributed by atoms with Gasteiger partial charge in [0.15, 0.2) is 0 Å². The maximum Gasteiger partial charge on any atom is 0.252 e. The summed E-state index contributed by atoms with van der Waals surface area (Å²) in [5, 5.41) is 4.01. The van der Waals surface area contributed by atoms with Gasteiger partial charge in [-0.05, 0) is 52.2 Å². The Balaban J connectivity index is 1.91. The van der Waals surface area contributed by atoms with Crippen LogP contribution in [0.3, 0.4) is 0 Å². The first-order valence-corrected chi connectivity index (χ1v) is 7.43. The molecule has 20 heavy (non-hydrogen) atoms. The highest BCUT2D eigenvalue weighted by atomic mass is 79.9. The highest BCUT2D eigenvalue weighted by Crippen LogP contribution is 2.19. The van der Waals surface area contributed by atoms with E-state index < -0.39 is 0 Å². The molecule has 0 aliphatic heterocycles. The summed E-state index contributed by atoms with van der Waals surface area (Å²) in [6.45, 7) is 0.502. The second-order valence-corrected chi connectivity index (χ2v) is 5.96. The Bertz CT molecular complexity index is 614. The van der Waals surface area contributed by atoms with Gasteiger partial charge in [-0.15, -0.1) is 0 Å². The lowest BCUT2D eigenvalue weighted by molar-refractivity contribution is 0.0953. The highest BCUT2D eigenvalue weighted by Gasteiger charge is 2.06. The molecule has 0 radical (unpaired) electrons. The van der Waals surface area contributed by atoms with Crippen LogP contribution in [0.5, 0.6) is 0 Å². The number of halogens is 3. The zero-order valence-corrected chi connectivity index (χ0v) is 13.5. The second-order valence-electron chi connectivity index (χ2n) is 4.18. The zero-order chi connectivity index (χ0) is 14.5. The van der Waals surface area contributed by atoms with Crippen LogP contribution in [0.1, 0.15) is 15.9 Å². The molecular formula is C14H11BrCl2N2O. The van der Waals surface area contributed by atoms with E-state index in [1.165, 1.54) is 6.20 Å². The van der Waals surface area contributed by atoms with Crippen LogP contribution in [0, 0.1) is 0 Å². The maximum atomic E-state index is 11.9. The van der Waals surface area contributed by atoms with E-state index in [-0.39, 0.29) is 5.91 Å². The fraction of sp³-hybridized carbons (Fsp3) is 0.143. The Morgan fingerprint density at radius 2 is 1.85 bits per heavy atom. The minimum atomic E-state index is -0.160. The lowest BCUT2D eigenvalue weighted by atomic mass is 10.1. The van der Waals surface area contributed by atoms with Crippen molar-refractivity contribution in [1.29, 1.82) is 0 Å². The van der Waals surface area contributed by atoms with Crippen LogP contribution < -0.4 is 5.32 Å². The molecule has 0 saturated carbocycles. The molecule has 0 bridgehead atoms. The van der Waals surface area contributed by atoms with Gasteiger partial charge in [0.05, 0.1) is 5.56 Å². The third-order valence-corrected chi connectivity index (χ3v) is 3.46. The predicted molar refractivity (Wildman–Crippen MR) is 84.4 cm³/mol. The summed E-state index contributed by atoms with van der Waals surface area (Å²) in [4.78, 5) is 15.8. The van der Waals surface area contributed by atoms with Gasteiger partial charge in [-0.25, -0.2) is 0 Å². The number of carbonyl (C=O) groups is 1.